The van der Waals surface area contributed by atoms with E-state index in [-0.39, 0.29) is 23.4 Å². The van der Waals surface area contributed by atoms with Gasteiger partial charge in [0.15, 0.2) is 0 Å². The van der Waals surface area contributed by atoms with Gasteiger partial charge in [-0.1, -0.05) is 6.92 Å². The molecule has 148 valence electrons. The fourth-order valence-electron chi connectivity index (χ4n) is 3.90. The molecule has 27 heavy (non-hydrogen) atoms. The summed E-state index contributed by atoms with van der Waals surface area (Å²) >= 11 is 0. The molecule has 0 bridgehead atoms. The van der Waals surface area contributed by atoms with Crippen LogP contribution in [0.5, 0.6) is 0 Å². The summed E-state index contributed by atoms with van der Waals surface area (Å²) in [5.74, 6) is -0.811. The first-order chi connectivity index (χ1) is 13.0. The Hall–Kier alpha value is -1.99. The number of hydrogen-bond acceptors (Lipinski definition) is 4. The van der Waals surface area contributed by atoms with Crippen molar-refractivity contribution in [3.05, 3.63) is 29.6 Å². The van der Waals surface area contributed by atoms with E-state index >= 15 is 0 Å². The van der Waals surface area contributed by atoms with E-state index in [9.17, 15) is 14.0 Å². The lowest BCUT2D eigenvalue weighted by Crippen LogP contribution is -2.55. The minimum Gasteiger partial charge on any atom is -0.383 e. The number of halogens is 1. The quantitative estimate of drug-likeness (QED) is 0.762. The molecule has 2 aliphatic heterocycles. The molecule has 2 amide bonds. The molecule has 2 heterocycles. The third-order valence-electron chi connectivity index (χ3n) is 5.51. The Morgan fingerprint density at radius 1 is 1.30 bits per heavy atom. The van der Waals surface area contributed by atoms with Crippen LogP contribution in [0.25, 0.3) is 0 Å². The average molecular weight is 377 g/mol. The highest BCUT2D eigenvalue weighted by Crippen LogP contribution is 2.25. The molecule has 2 saturated heterocycles. The van der Waals surface area contributed by atoms with Gasteiger partial charge in [-0.2, -0.15) is 0 Å². The van der Waals surface area contributed by atoms with Crippen LogP contribution in [0.15, 0.2) is 18.2 Å². The topological polar surface area (TPSA) is 53.1 Å². The smallest absolute Gasteiger partial charge is 0.257 e. The Labute approximate surface area is 159 Å². The fourth-order valence-corrected chi connectivity index (χ4v) is 3.90. The molecule has 0 spiro atoms. The average Bonchev–Trinajstić information content (AvgIpc) is 3.12. The largest absolute Gasteiger partial charge is 0.383 e. The summed E-state index contributed by atoms with van der Waals surface area (Å²) in [6.45, 7) is 6.09. The second-order valence-electron chi connectivity index (χ2n) is 7.16. The van der Waals surface area contributed by atoms with Crippen molar-refractivity contribution in [2.24, 2.45) is 0 Å². The summed E-state index contributed by atoms with van der Waals surface area (Å²) in [7, 11) is 1.68. The maximum Gasteiger partial charge on any atom is 0.257 e. The van der Waals surface area contributed by atoms with E-state index in [4.69, 9.17) is 4.74 Å². The van der Waals surface area contributed by atoms with Crippen molar-refractivity contribution >= 4 is 17.5 Å². The molecule has 2 aliphatic rings. The van der Waals surface area contributed by atoms with Gasteiger partial charge >= 0.3 is 0 Å². The van der Waals surface area contributed by atoms with Crippen LogP contribution in [-0.4, -0.2) is 74.1 Å². The molecule has 0 aliphatic carbocycles. The van der Waals surface area contributed by atoms with E-state index in [2.05, 4.69) is 11.8 Å². The highest BCUT2D eigenvalue weighted by molar-refractivity contribution is 5.99. The van der Waals surface area contributed by atoms with Crippen LogP contribution < -0.4 is 4.90 Å². The van der Waals surface area contributed by atoms with Gasteiger partial charge in [0.2, 0.25) is 5.91 Å². The molecule has 0 aromatic heterocycles. The number of ether oxygens (including phenoxy) is 1. The maximum atomic E-state index is 14.4. The van der Waals surface area contributed by atoms with E-state index in [1.165, 1.54) is 12.1 Å². The van der Waals surface area contributed by atoms with E-state index in [0.29, 0.717) is 38.3 Å². The van der Waals surface area contributed by atoms with E-state index < -0.39 is 5.82 Å². The number of carbonyl (C=O) groups excluding carboxylic acids is 2. The van der Waals surface area contributed by atoms with Gasteiger partial charge in [-0.25, -0.2) is 4.39 Å². The number of piperazine rings is 1. The van der Waals surface area contributed by atoms with Gasteiger partial charge in [0.25, 0.3) is 5.91 Å². The van der Waals surface area contributed by atoms with Crippen LogP contribution in [0, 0.1) is 5.82 Å². The molecule has 6 nitrogen and oxygen atoms in total. The zero-order valence-corrected chi connectivity index (χ0v) is 16.1. The highest BCUT2D eigenvalue weighted by atomic mass is 19.1. The molecule has 1 aromatic rings. The number of benzene rings is 1. The SMILES string of the molecule is CCC1CN(C(=O)c2cc(N3CCCC3=O)ccc2F)CCN1CCOC. The Morgan fingerprint density at radius 3 is 2.78 bits per heavy atom. The third-order valence-corrected chi connectivity index (χ3v) is 5.51. The Balaban J connectivity index is 1.74. The number of methoxy groups -OCH3 is 1. The number of anilines is 1. The molecule has 3 rings (SSSR count). The molecule has 2 fully saturated rings. The number of rotatable bonds is 6. The normalized spacial score (nSPS) is 21.1. The minimum atomic E-state index is -0.537. The van der Waals surface area contributed by atoms with Gasteiger partial charge in [-0.3, -0.25) is 14.5 Å². The van der Waals surface area contributed by atoms with Crippen LogP contribution >= 0.6 is 0 Å². The molecule has 0 radical (unpaired) electrons. The van der Waals surface area contributed by atoms with Crippen molar-refractivity contribution in [3.63, 3.8) is 0 Å². The van der Waals surface area contributed by atoms with Crippen molar-refractivity contribution in [1.82, 2.24) is 9.80 Å². The fraction of sp³-hybridized carbons (Fsp3) is 0.600. The van der Waals surface area contributed by atoms with E-state index in [1.807, 2.05) is 0 Å². The first-order valence-electron chi connectivity index (χ1n) is 9.67. The van der Waals surface area contributed by atoms with Crippen molar-refractivity contribution < 1.29 is 18.7 Å². The standard InChI is InChI=1S/C20H28FN3O3/c1-3-15-14-23(10-9-22(15)11-12-27-2)20(26)17-13-16(6-7-18(17)21)24-8-4-5-19(24)25/h6-7,13,15H,3-5,8-12,14H2,1-2H3. The predicted molar refractivity (Wildman–Crippen MR) is 101 cm³/mol. The van der Waals surface area contributed by atoms with E-state index in [0.717, 1.165) is 25.9 Å². The van der Waals surface area contributed by atoms with Crippen LogP contribution in [-0.2, 0) is 9.53 Å². The molecule has 7 heteroatoms. The lowest BCUT2D eigenvalue weighted by molar-refractivity contribution is -0.117. The third kappa shape index (κ3) is 4.30. The van der Waals surface area contributed by atoms with Gasteiger partial charge in [0.05, 0.1) is 12.2 Å². The summed E-state index contributed by atoms with van der Waals surface area (Å²) in [5.41, 5.74) is 0.653. The Bertz CT molecular complexity index is 697. The van der Waals surface area contributed by atoms with Crippen LogP contribution in [0.3, 0.4) is 0 Å². The van der Waals surface area contributed by atoms with Crippen LogP contribution in [0.4, 0.5) is 10.1 Å². The Morgan fingerprint density at radius 2 is 2.11 bits per heavy atom. The molecular weight excluding hydrogens is 349 g/mol. The van der Waals surface area contributed by atoms with E-state index in [1.54, 1.807) is 23.0 Å². The van der Waals surface area contributed by atoms with Crippen LogP contribution in [0.1, 0.15) is 36.5 Å². The lowest BCUT2D eigenvalue weighted by Gasteiger charge is -2.41. The second kappa shape index (κ2) is 8.80. The molecule has 0 N–H and O–H groups in total. The summed E-state index contributed by atoms with van der Waals surface area (Å²) in [4.78, 5) is 30.6. The number of carbonyl (C=O) groups is 2. The number of hydrogen-bond donors (Lipinski definition) is 0. The van der Waals surface area contributed by atoms with Crippen molar-refractivity contribution in [2.45, 2.75) is 32.2 Å². The molecule has 1 aromatic carbocycles. The summed E-state index contributed by atoms with van der Waals surface area (Å²) in [5, 5.41) is 0. The van der Waals surface area contributed by atoms with Gasteiger partial charge < -0.3 is 14.5 Å². The van der Waals surface area contributed by atoms with Crippen molar-refractivity contribution in [1.29, 1.82) is 0 Å². The predicted octanol–water partition coefficient (Wildman–Crippen LogP) is 2.14. The first-order valence-corrected chi connectivity index (χ1v) is 9.67. The molecule has 1 atom stereocenters. The van der Waals surface area contributed by atoms with Crippen LogP contribution in [0.2, 0.25) is 0 Å². The van der Waals surface area contributed by atoms with Crippen molar-refractivity contribution in [3.8, 4) is 0 Å². The summed E-state index contributed by atoms with van der Waals surface area (Å²) in [6, 6.07) is 4.64. The number of nitrogens with zero attached hydrogens (tertiary/aromatic N) is 3. The first kappa shape index (κ1) is 19.8. The molecule has 1 unspecified atom stereocenters. The minimum absolute atomic E-state index is 0.0258. The van der Waals surface area contributed by atoms with Crippen molar-refractivity contribution in [2.75, 3.05) is 51.3 Å². The summed E-state index contributed by atoms with van der Waals surface area (Å²) < 4.78 is 19.6. The van der Waals surface area contributed by atoms with Gasteiger partial charge in [0, 0.05) is 58.0 Å². The zero-order chi connectivity index (χ0) is 19.4. The Kier molecular flexibility index (Phi) is 6.44. The molecule has 0 saturated carbocycles. The summed E-state index contributed by atoms with van der Waals surface area (Å²) in [6.07, 6.45) is 2.21. The van der Waals surface area contributed by atoms with Gasteiger partial charge in [-0.15, -0.1) is 0 Å². The number of amides is 2. The second-order valence-corrected chi connectivity index (χ2v) is 7.16. The van der Waals surface area contributed by atoms with Gasteiger partial charge in [0.1, 0.15) is 5.82 Å². The highest BCUT2D eigenvalue weighted by Gasteiger charge is 2.30. The molecular formula is C20H28FN3O3. The zero-order valence-electron chi connectivity index (χ0n) is 16.1. The van der Waals surface area contributed by atoms with Gasteiger partial charge in [-0.05, 0) is 31.0 Å². The maximum absolute atomic E-state index is 14.4. The lowest BCUT2D eigenvalue weighted by atomic mass is 10.1. The monoisotopic (exact) mass is 377 g/mol.